The van der Waals surface area contributed by atoms with Gasteiger partial charge in [-0.15, -0.1) is 0 Å². The molecule has 0 spiro atoms. The lowest BCUT2D eigenvalue weighted by molar-refractivity contribution is 0.494. The summed E-state index contributed by atoms with van der Waals surface area (Å²) in [5.41, 5.74) is 2.44. The van der Waals surface area contributed by atoms with E-state index in [1.807, 2.05) is 18.5 Å². The van der Waals surface area contributed by atoms with Gasteiger partial charge in [-0.25, -0.2) is 0 Å². The molecule has 2 rings (SSSR count). The molecule has 0 saturated carbocycles. The lowest BCUT2D eigenvalue weighted by atomic mass is 9.92. The highest BCUT2D eigenvalue weighted by atomic mass is 32.1. The quantitative estimate of drug-likeness (QED) is 0.833. The summed E-state index contributed by atoms with van der Waals surface area (Å²) in [6.07, 6.45) is 5.69. The monoisotopic (exact) mass is 261 g/mol. The zero-order valence-electron chi connectivity index (χ0n) is 11.3. The number of hydrogen-bond acceptors (Lipinski definition) is 2. The van der Waals surface area contributed by atoms with Crippen LogP contribution in [-0.2, 0) is 5.41 Å². The lowest BCUT2D eigenvalue weighted by Crippen LogP contribution is -2.20. The number of H-pyrrole nitrogens is 1. The van der Waals surface area contributed by atoms with Crippen LogP contribution in [0.15, 0.2) is 30.7 Å². The van der Waals surface area contributed by atoms with E-state index in [1.54, 1.807) is 6.20 Å². The van der Waals surface area contributed by atoms with Gasteiger partial charge in [0.05, 0.1) is 6.04 Å². The SMILES string of the molecule is CC(c1cccnc1)n1c(C(C)(C)C)c[nH]c1=S. The second kappa shape index (κ2) is 4.69. The minimum Gasteiger partial charge on any atom is -0.337 e. The minimum absolute atomic E-state index is 0.0596. The third kappa shape index (κ3) is 2.38. The largest absolute Gasteiger partial charge is 0.337 e. The molecule has 0 aliphatic carbocycles. The Bertz CT molecular complexity index is 575. The standard InChI is InChI=1S/C14H19N3S/c1-10(11-6-5-7-15-8-11)17-12(14(2,3)4)9-16-13(17)18/h5-10H,1-4H3,(H,16,18). The van der Waals surface area contributed by atoms with Crippen LogP contribution in [0.3, 0.4) is 0 Å². The summed E-state index contributed by atoms with van der Waals surface area (Å²) >= 11 is 5.40. The Morgan fingerprint density at radius 3 is 2.67 bits per heavy atom. The highest BCUT2D eigenvalue weighted by Gasteiger charge is 2.22. The number of nitrogens with zero attached hydrogens (tertiary/aromatic N) is 2. The van der Waals surface area contributed by atoms with E-state index >= 15 is 0 Å². The number of nitrogens with one attached hydrogen (secondary N) is 1. The van der Waals surface area contributed by atoms with E-state index in [2.05, 4.69) is 48.3 Å². The van der Waals surface area contributed by atoms with Crippen molar-refractivity contribution in [2.24, 2.45) is 0 Å². The van der Waals surface area contributed by atoms with Crippen LogP contribution in [0.5, 0.6) is 0 Å². The zero-order valence-corrected chi connectivity index (χ0v) is 12.1. The molecule has 0 fully saturated rings. The maximum absolute atomic E-state index is 5.40. The van der Waals surface area contributed by atoms with Crippen molar-refractivity contribution in [1.82, 2.24) is 14.5 Å². The van der Waals surface area contributed by atoms with E-state index in [-0.39, 0.29) is 11.5 Å². The van der Waals surface area contributed by atoms with Crippen LogP contribution in [0.25, 0.3) is 0 Å². The van der Waals surface area contributed by atoms with Crippen LogP contribution in [-0.4, -0.2) is 14.5 Å². The van der Waals surface area contributed by atoms with E-state index in [0.29, 0.717) is 0 Å². The smallest absolute Gasteiger partial charge is 0.177 e. The van der Waals surface area contributed by atoms with Crippen LogP contribution in [0.1, 0.15) is 45.0 Å². The van der Waals surface area contributed by atoms with Crippen molar-refractivity contribution in [2.45, 2.75) is 39.2 Å². The zero-order chi connectivity index (χ0) is 13.3. The maximum atomic E-state index is 5.40. The fourth-order valence-corrected chi connectivity index (χ4v) is 2.43. The molecule has 1 unspecified atom stereocenters. The molecule has 2 aromatic rings. The predicted molar refractivity (Wildman–Crippen MR) is 76.4 cm³/mol. The molecule has 0 aromatic carbocycles. The third-order valence-corrected chi connectivity index (χ3v) is 3.45. The first-order chi connectivity index (χ1) is 8.41. The molecule has 2 heterocycles. The third-order valence-electron chi connectivity index (χ3n) is 3.13. The molecule has 1 N–H and O–H groups in total. The molecule has 0 saturated heterocycles. The second-order valence-electron chi connectivity index (χ2n) is 5.56. The van der Waals surface area contributed by atoms with Crippen LogP contribution in [0.2, 0.25) is 0 Å². The van der Waals surface area contributed by atoms with Gasteiger partial charge in [-0.05, 0) is 30.8 Å². The van der Waals surface area contributed by atoms with Crippen molar-refractivity contribution in [3.05, 3.63) is 46.8 Å². The van der Waals surface area contributed by atoms with Gasteiger partial charge in [0.25, 0.3) is 0 Å². The summed E-state index contributed by atoms with van der Waals surface area (Å²) in [5, 5.41) is 0. The normalized spacial score (nSPS) is 13.6. The van der Waals surface area contributed by atoms with Gasteiger partial charge in [0.15, 0.2) is 4.77 Å². The van der Waals surface area contributed by atoms with Crippen molar-refractivity contribution in [1.29, 1.82) is 0 Å². The number of pyridine rings is 1. The van der Waals surface area contributed by atoms with E-state index in [0.717, 1.165) is 4.77 Å². The molecular weight excluding hydrogens is 242 g/mol. The summed E-state index contributed by atoms with van der Waals surface area (Å²) in [6, 6.07) is 4.23. The Hall–Kier alpha value is -1.42. The van der Waals surface area contributed by atoms with E-state index in [4.69, 9.17) is 12.2 Å². The Morgan fingerprint density at radius 2 is 2.11 bits per heavy atom. The molecule has 0 aliphatic heterocycles. The molecule has 96 valence electrons. The molecule has 0 radical (unpaired) electrons. The van der Waals surface area contributed by atoms with Crippen LogP contribution in [0, 0.1) is 4.77 Å². The number of rotatable bonds is 2. The van der Waals surface area contributed by atoms with E-state index < -0.39 is 0 Å². The van der Waals surface area contributed by atoms with Gasteiger partial charge in [0.1, 0.15) is 0 Å². The molecule has 4 heteroatoms. The van der Waals surface area contributed by atoms with E-state index in [1.165, 1.54) is 11.3 Å². The predicted octanol–water partition coefficient (Wildman–Crippen LogP) is 3.85. The van der Waals surface area contributed by atoms with Crippen molar-refractivity contribution in [3.63, 3.8) is 0 Å². The molecule has 1 atom stereocenters. The van der Waals surface area contributed by atoms with Gasteiger partial charge in [-0.2, -0.15) is 0 Å². The van der Waals surface area contributed by atoms with Crippen LogP contribution >= 0.6 is 12.2 Å². The first-order valence-electron chi connectivity index (χ1n) is 6.11. The summed E-state index contributed by atoms with van der Waals surface area (Å²) in [7, 11) is 0. The Balaban J connectivity index is 2.52. The molecular formula is C14H19N3S. The van der Waals surface area contributed by atoms with Crippen molar-refractivity contribution < 1.29 is 0 Å². The van der Waals surface area contributed by atoms with E-state index in [9.17, 15) is 0 Å². The van der Waals surface area contributed by atoms with Gasteiger partial charge < -0.3 is 9.55 Å². The summed E-state index contributed by atoms with van der Waals surface area (Å²) < 4.78 is 2.93. The maximum Gasteiger partial charge on any atom is 0.177 e. The molecule has 0 aliphatic rings. The summed E-state index contributed by atoms with van der Waals surface area (Å²) in [5.74, 6) is 0. The first-order valence-corrected chi connectivity index (χ1v) is 6.52. The summed E-state index contributed by atoms with van der Waals surface area (Å²) in [6.45, 7) is 8.72. The van der Waals surface area contributed by atoms with Gasteiger partial charge in [0, 0.05) is 29.7 Å². The van der Waals surface area contributed by atoms with Gasteiger partial charge in [-0.1, -0.05) is 26.8 Å². The molecule has 3 nitrogen and oxygen atoms in total. The molecule has 0 bridgehead atoms. The van der Waals surface area contributed by atoms with Crippen LogP contribution < -0.4 is 0 Å². The van der Waals surface area contributed by atoms with Crippen molar-refractivity contribution in [3.8, 4) is 0 Å². The van der Waals surface area contributed by atoms with Gasteiger partial charge >= 0.3 is 0 Å². The average molecular weight is 261 g/mol. The van der Waals surface area contributed by atoms with Gasteiger partial charge in [-0.3, -0.25) is 4.98 Å². The lowest BCUT2D eigenvalue weighted by Gasteiger charge is -2.24. The molecule has 2 aromatic heterocycles. The Kier molecular flexibility index (Phi) is 3.39. The number of aromatic amines is 1. The average Bonchev–Trinajstić information content (AvgIpc) is 2.71. The minimum atomic E-state index is 0.0596. The number of aromatic nitrogens is 3. The highest BCUT2D eigenvalue weighted by molar-refractivity contribution is 7.71. The Labute approximate surface area is 113 Å². The molecule has 18 heavy (non-hydrogen) atoms. The molecule has 0 amide bonds. The Morgan fingerprint density at radius 1 is 1.39 bits per heavy atom. The number of hydrogen-bond donors (Lipinski definition) is 1. The van der Waals surface area contributed by atoms with Gasteiger partial charge in [0.2, 0.25) is 0 Å². The number of imidazole rings is 1. The van der Waals surface area contributed by atoms with Crippen molar-refractivity contribution >= 4 is 12.2 Å². The highest BCUT2D eigenvalue weighted by Crippen LogP contribution is 2.27. The fourth-order valence-electron chi connectivity index (χ4n) is 2.11. The topological polar surface area (TPSA) is 33.6 Å². The second-order valence-corrected chi connectivity index (χ2v) is 5.95. The van der Waals surface area contributed by atoms with Crippen LogP contribution in [0.4, 0.5) is 0 Å². The first kappa shape index (κ1) is 13.0. The fraction of sp³-hybridized carbons (Fsp3) is 0.429. The summed E-state index contributed by atoms with van der Waals surface area (Å²) in [4.78, 5) is 7.33. The van der Waals surface area contributed by atoms with Crippen molar-refractivity contribution in [2.75, 3.05) is 0 Å².